The van der Waals surface area contributed by atoms with Crippen molar-refractivity contribution in [3.63, 3.8) is 0 Å². The molecule has 0 bridgehead atoms. The molecule has 1 unspecified atom stereocenters. The van der Waals surface area contributed by atoms with Crippen LogP contribution >= 0.6 is 0 Å². The van der Waals surface area contributed by atoms with Crippen molar-refractivity contribution in [1.29, 1.82) is 0 Å². The summed E-state index contributed by atoms with van der Waals surface area (Å²) in [5.74, 6) is 0.755. The van der Waals surface area contributed by atoms with Crippen LogP contribution in [0.3, 0.4) is 0 Å². The minimum Gasteiger partial charge on any atom is -0.377 e. The van der Waals surface area contributed by atoms with Gasteiger partial charge < -0.3 is 14.6 Å². The summed E-state index contributed by atoms with van der Waals surface area (Å²) in [6, 6.07) is -0.181. The minimum atomic E-state index is -0.181. The van der Waals surface area contributed by atoms with Crippen molar-refractivity contribution in [2.75, 3.05) is 19.8 Å². The van der Waals surface area contributed by atoms with Gasteiger partial charge in [0.2, 0.25) is 0 Å². The molecule has 2 aromatic heterocycles. The number of amides is 1. The van der Waals surface area contributed by atoms with Crippen molar-refractivity contribution in [2.45, 2.75) is 33.4 Å². The molecule has 7 heteroatoms. The van der Waals surface area contributed by atoms with E-state index in [1.807, 2.05) is 31.9 Å². The number of hydrogen-bond donors (Lipinski definition) is 1. The average molecular weight is 303 g/mol. The maximum atomic E-state index is 12.9. The predicted octanol–water partition coefficient (Wildman–Crippen LogP) is 1.46. The van der Waals surface area contributed by atoms with Crippen LogP contribution in [0.25, 0.3) is 0 Å². The SMILES string of the molecule is CCn1cc(C(=O)N2CCOCC2c2ncc(C)[nH]2)c(C)n1. The number of carbonyl (C=O) groups excluding carboxylic acids is 1. The number of nitrogens with one attached hydrogen (secondary N) is 1. The van der Waals surface area contributed by atoms with Crippen molar-refractivity contribution in [2.24, 2.45) is 0 Å². The molecule has 22 heavy (non-hydrogen) atoms. The Bertz CT molecular complexity index is 675. The number of aromatic amines is 1. The molecule has 0 spiro atoms. The number of carbonyl (C=O) groups is 1. The Hall–Kier alpha value is -2.15. The zero-order valence-corrected chi connectivity index (χ0v) is 13.2. The Morgan fingerprint density at radius 2 is 2.32 bits per heavy atom. The summed E-state index contributed by atoms with van der Waals surface area (Å²) in [6.07, 6.45) is 3.59. The molecule has 0 aromatic carbocycles. The molecule has 1 N–H and O–H groups in total. The van der Waals surface area contributed by atoms with Gasteiger partial charge in [-0.05, 0) is 20.8 Å². The molecule has 1 saturated heterocycles. The van der Waals surface area contributed by atoms with Crippen LogP contribution in [-0.2, 0) is 11.3 Å². The van der Waals surface area contributed by atoms with Gasteiger partial charge in [0.05, 0.1) is 24.5 Å². The third kappa shape index (κ3) is 2.64. The van der Waals surface area contributed by atoms with Crippen molar-refractivity contribution >= 4 is 5.91 Å². The lowest BCUT2D eigenvalue weighted by molar-refractivity contribution is -0.00505. The van der Waals surface area contributed by atoms with Gasteiger partial charge in [-0.3, -0.25) is 9.48 Å². The van der Waals surface area contributed by atoms with E-state index in [1.165, 1.54) is 0 Å². The Labute approximate surface area is 129 Å². The molecule has 1 amide bonds. The highest BCUT2D eigenvalue weighted by molar-refractivity contribution is 5.95. The van der Waals surface area contributed by atoms with Crippen molar-refractivity contribution in [3.8, 4) is 0 Å². The first kappa shape index (κ1) is 14.8. The summed E-state index contributed by atoms with van der Waals surface area (Å²) in [7, 11) is 0. The Morgan fingerprint density at radius 1 is 1.50 bits per heavy atom. The van der Waals surface area contributed by atoms with Gasteiger partial charge in [-0.15, -0.1) is 0 Å². The molecule has 0 radical (unpaired) electrons. The van der Waals surface area contributed by atoms with Gasteiger partial charge >= 0.3 is 0 Å². The minimum absolute atomic E-state index is 0.0143. The van der Waals surface area contributed by atoms with E-state index in [2.05, 4.69) is 15.1 Å². The second-order valence-corrected chi connectivity index (χ2v) is 5.52. The number of rotatable bonds is 3. The van der Waals surface area contributed by atoms with E-state index in [4.69, 9.17) is 4.74 Å². The molecule has 118 valence electrons. The molecule has 1 fully saturated rings. The predicted molar refractivity (Wildman–Crippen MR) is 80.6 cm³/mol. The molecule has 1 aliphatic heterocycles. The quantitative estimate of drug-likeness (QED) is 0.931. The lowest BCUT2D eigenvalue weighted by Gasteiger charge is -2.34. The zero-order chi connectivity index (χ0) is 15.7. The third-order valence-electron chi connectivity index (χ3n) is 3.93. The fraction of sp³-hybridized carbons (Fsp3) is 0.533. The van der Waals surface area contributed by atoms with Crippen molar-refractivity contribution in [1.82, 2.24) is 24.6 Å². The van der Waals surface area contributed by atoms with Crippen LogP contribution in [0.4, 0.5) is 0 Å². The van der Waals surface area contributed by atoms with Crippen LogP contribution in [-0.4, -0.2) is 50.3 Å². The maximum Gasteiger partial charge on any atom is 0.258 e. The second-order valence-electron chi connectivity index (χ2n) is 5.52. The van der Waals surface area contributed by atoms with E-state index in [1.54, 1.807) is 10.9 Å². The number of ether oxygens (including phenoxy) is 1. The summed E-state index contributed by atoms with van der Waals surface area (Å²) >= 11 is 0. The van der Waals surface area contributed by atoms with Gasteiger partial charge in [0.25, 0.3) is 5.91 Å². The monoisotopic (exact) mass is 303 g/mol. The molecule has 3 heterocycles. The largest absolute Gasteiger partial charge is 0.377 e. The third-order valence-corrected chi connectivity index (χ3v) is 3.93. The number of H-pyrrole nitrogens is 1. The average Bonchev–Trinajstić information content (AvgIpc) is 3.12. The van der Waals surface area contributed by atoms with Crippen LogP contribution < -0.4 is 0 Å². The number of imidazole rings is 1. The maximum absolute atomic E-state index is 12.9. The molecule has 1 atom stereocenters. The molecule has 7 nitrogen and oxygen atoms in total. The van der Waals surface area contributed by atoms with E-state index in [9.17, 15) is 4.79 Å². The summed E-state index contributed by atoms with van der Waals surface area (Å²) in [5.41, 5.74) is 2.38. The van der Waals surface area contributed by atoms with E-state index in [0.29, 0.717) is 25.3 Å². The summed E-state index contributed by atoms with van der Waals surface area (Å²) < 4.78 is 7.33. The molecule has 0 saturated carbocycles. The van der Waals surface area contributed by atoms with E-state index < -0.39 is 0 Å². The van der Waals surface area contributed by atoms with Crippen LogP contribution in [0, 0.1) is 13.8 Å². The molecular formula is C15H21N5O2. The highest BCUT2D eigenvalue weighted by Crippen LogP contribution is 2.24. The van der Waals surface area contributed by atoms with Gasteiger partial charge in [0.1, 0.15) is 11.9 Å². The summed E-state index contributed by atoms with van der Waals surface area (Å²) in [5, 5.41) is 4.36. The molecule has 3 rings (SSSR count). The van der Waals surface area contributed by atoms with Crippen molar-refractivity contribution < 1.29 is 9.53 Å². The highest BCUT2D eigenvalue weighted by Gasteiger charge is 2.32. The molecule has 0 aliphatic carbocycles. The van der Waals surface area contributed by atoms with Gasteiger partial charge in [-0.1, -0.05) is 0 Å². The van der Waals surface area contributed by atoms with Crippen LogP contribution in [0.5, 0.6) is 0 Å². The number of hydrogen-bond acceptors (Lipinski definition) is 4. The number of morpholine rings is 1. The number of aromatic nitrogens is 4. The van der Waals surface area contributed by atoms with Crippen LogP contribution in [0.15, 0.2) is 12.4 Å². The van der Waals surface area contributed by atoms with Gasteiger partial charge in [-0.25, -0.2) is 4.98 Å². The number of aryl methyl sites for hydroxylation is 3. The number of nitrogens with zero attached hydrogens (tertiary/aromatic N) is 4. The zero-order valence-electron chi connectivity index (χ0n) is 13.2. The van der Waals surface area contributed by atoms with E-state index in [-0.39, 0.29) is 11.9 Å². The first-order chi connectivity index (χ1) is 10.6. The van der Waals surface area contributed by atoms with Gasteiger partial charge in [-0.2, -0.15) is 5.10 Å². The summed E-state index contributed by atoms with van der Waals surface area (Å²) in [6.45, 7) is 8.12. The molecular weight excluding hydrogens is 282 g/mol. The van der Waals surface area contributed by atoms with Gasteiger partial charge in [0.15, 0.2) is 0 Å². The molecule has 2 aromatic rings. The smallest absolute Gasteiger partial charge is 0.258 e. The fourth-order valence-electron chi connectivity index (χ4n) is 2.72. The lowest BCUT2D eigenvalue weighted by atomic mass is 10.1. The van der Waals surface area contributed by atoms with E-state index >= 15 is 0 Å². The van der Waals surface area contributed by atoms with Crippen LogP contribution in [0.2, 0.25) is 0 Å². The highest BCUT2D eigenvalue weighted by atomic mass is 16.5. The topological polar surface area (TPSA) is 76.0 Å². The molecule has 1 aliphatic rings. The Morgan fingerprint density at radius 3 is 2.95 bits per heavy atom. The first-order valence-corrected chi connectivity index (χ1v) is 7.54. The van der Waals surface area contributed by atoms with Crippen molar-refractivity contribution in [3.05, 3.63) is 35.2 Å². The normalized spacial score (nSPS) is 18.7. The lowest BCUT2D eigenvalue weighted by Crippen LogP contribution is -2.44. The second kappa shape index (κ2) is 5.92. The Kier molecular flexibility index (Phi) is 3.98. The fourth-order valence-corrected chi connectivity index (χ4v) is 2.72. The van der Waals surface area contributed by atoms with E-state index in [0.717, 1.165) is 23.8 Å². The van der Waals surface area contributed by atoms with Crippen LogP contribution in [0.1, 0.15) is 40.5 Å². The first-order valence-electron chi connectivity index (χ1n) is 7.54. The standard InChI is InChI=1S/C15H21N5O2/c1-4-19-8-12(11(3)18-19)15(21)20-5-6-22-9-13(20)14-16-7-10(2)17-14/h7-8,13H,4-6,9H2,1-3H3,(H,16,17). The summed E-state index contributed by atoms with van der Waals surface area (Å²) in [4.78, 5) is 22.3. The Balaban J connectivity index is 1.89. The van der Waals surface area contributed by atoms with Gasteiger partial charge in [0, 0.05) is 31.2 Å².